The van der Waals surface area contributed by atoms with Gasteiger partial charge in [-0.15, -0.1) is 0 Å². The van der Waals surface area contributed by atoms with Crippen molar-refractivity contribution >= 4 is 11.8 Å². The summed E-state index contributed by atoms with van der Waals surface area (Å²) in [5.41, 5.74) is 1.98. The second-order valence-corrected chi connectivity index (χ2v) is 8.42. The molecule has 0 radical (unpaired) electrons. The van der Waals surface area contributed by atoms with E-state index >= 15 is 0 Å². The van der Waals surface area contributed by atoms with Crippen molar-refractivity contribution in [3.63, 3.8) is 0 Å². The van der Waals surface area contributed by atoms with Crippen LogP contribution in [0, 0.1) is 0 Å². The van der Waals surface area contributed by atoms with Crippen molar-refractivity contribution in [3.05, 3.63) is 84.1 Å². The summed E-state index contributed by atoms with van der Waals surface area (Å²) < 4.78 is 12.7. The first-order valence-electron chi connectivity index (χ1n) is 11.8. The molecule has 0 aliphatic carbocycles. The minimum absolute atomic E-state index is 0.0109. The second-order valence-electron chi connectivity index (χ2n) is 8.42. The van der Waals surface area contributed by atoms with Crippen LogP contribution in [0.4, 0.5) is 0 Å². The first kappa shape index (κ1) is 25.3. The van der Waals surface area contributed by atoms with Gasteiger partial charge in [-0.05, 0) is 42.7 Å². The molecule has 3 rings (SSSR count). The van der Waals surface area contributed by atoms with Crippen LogP contribution < -0.4 is 0 Å². The Morgan fingerprint density at radius 3 is 2.44 bits per heavy atom. The van der Waals surface area contributed by atoms with E-state index in [2.05, 4.69) is 0 Å². The number of hydrogen-bond acceptors (Lipinski definition) is 4. The van der Waals surface area contributed by atoms with Crippen LogP contribution in [0.15, 0.2) is 71.5 Å². The fourth-order valence-electron chi connectivity index (χ4n) is 4.07. The zero-order valence-electron chi connectivity index (χ0n) is 20.4. The summed E-state index contributed by atoms with van der Waals surface area (Å²) in [5, 5.41) is 0. The molecule has 1 unspecified atom stereocenters. The number of carbonyl (C=O) groups is 2. The number of nitrogens with zero attached hydrogens (tertiary/aromatic N) is 3. The summed E-state index contributed by atoms with van der Waals surface area (Å²) in [4.78, 5) is 30.6. The van der Waals surface area contributed by atoms with Gasteiger partial charge in [-0.2, -0.15) is 0 Å². The van der Waals surface area contributed by atoms with E-state index in [0.29, 0.717) is 44.8 Å². The number of ether oxygens (including phenoxy) is 1. The Hall–Kier alpha value is -3.32. The van der Waals surface area contributed by atoms with Crippen LogP contribution in [0.25, 0.3) is 0 Å². The van der Waals surface area contributed by atoms with Crippen LogP contribution in [0.2, 0.25) is 0 Å². The highest BCUT2D eigenvalue weighted by molar-refractivity contribution is 5.88. The molecule has 1 atom stereocenters. The van der Waals surface area contributed by atoms with Gasteiger partial charge in [-0.3, -0.25) is 9.59 Å². The van der Waals surface area contributed by atoms with E-state index in [1.165, 1.54) is 0 Å². The van der Waals surface area contributed by atoms with Gasteiger partial charge in [-0.25, -0.2) is 0 Å². The van der Waals surface area contributed by atoms with E-state index < -0.39 is 0 Å². The normalized spacial score (nSPS) is 11.9. The Kier molecular flexibility index (Phi) is 9.52. The van der Waals surface area contributed by atoms with Gasteiger partial charge < -0.3 is 23.5 Å². The van der Waals surface area contributed by atoms with E-state index in [-0.39, 0.29) is 24.3 Å². The van der Waals surface area contributed by atoms with Crippen LogP contribution >= 0.6 is 0 Å². The number of hydrogen-bond donors (Lipinski definition) is 0. The minimum Gasteiger partial charge on any atom is -0.467 e. The maximum atomic E-state index is 13.6. The molecule has 7 nitrogen and oxygen atoms in total. The van der Waals surface area contributed by atoms with Crippen LogP contribution in [0.3, 0.4) is 0 Å². The lowest BCUT2D eigenvalue weighted by molar-refractivity contribution is -0.142. The summed E-state index contributed by atoms with van der Waals surface area (Å²) in [6, 6.07) is 17.4. The Morgan fingerprint density at radius 2 is 1.82 bits per heavy atom. The van der Waals surface area contributed by atoms with Crippen LogP contribution in [-0.2, 0) is 34.5 Å². The summed E-state index contributed by atoms with van der Waals surface area (Å²) >= 11 is 0. The zero-order valence-corrected chi connectivity index (χ0v) is 20.4. The fraction of sp³-hybridized carbons (Fsp3) is 0.407. The van der Waals surface area contributed by atoms with Gasteiger partial charge in [0.15, 0.2) is 0 Å². The van der Waals surface area contributed by atoms with E-state index in [0.717, 1.165) is 11.3 Å². The fourth-order valence-corrected chi connectivity index (χ4v) is 4.07. The smallest absolute Gasteiger partial charge is 0.242 e. The van der Waals surface area contributed by atoms with Crippen molar-refractivity contribution in [3.8, 4) is 0 Å². The molecule has 2 heterocycles. The minimum atomic E-state index is -0.289. The predicted octanol–water partition coefficient (Wildman–Crippen LogP) is 4.21. The molecule has 1 aromatic carbocycles. The molecule has 2 amide bonds. The molecule has 0 fully saturated rings. The highest BCUT2D eigenvalue weighted by atomic mass is 16.5. The standard InChI is InChI=1S/C27H35N3O4/c1-4-25(22-11-6-5-7-12-22)27(32)29(16-10-17-33-3)21-26(31)30(20-24-14-9-18-34-24)19-23-13-8-15-28(23)2/h5-9,11-15,18,25H,4,10,16-17,19-21H2,1-3H3. The number of aryl methyl sites for hydroxylation is 1. The van der Waals surface area contributed by atoms with Gasteiger partial charge in [0, 0.05) is 39.2 Å². The number of aromatic nitrogens is 1. The predicted molar refractivity (Wildman–Crippen MR) is 131 cm³/mol. The number of methoxy groups -OCH3 is 1. The van der Waals surface area contributed by atoms with E-state index in [4.69, 9.17) is 9.15 Å². The molecule has 0 aliphatic rings. The molecule has 182 valence electrons. The quantitative estimate of drug-likeness (QED) is 0.355. The molecule has 7 heteroatoms. The van der Waals surface area contributed by atoms with Gasteiger partial charge in [0.05, 0.1) is 31.8 Å². The third-order valence-corrected chi connectivity index (χ3v) is 6.01. The van der Waals surface area contributed by atoms with Gasteiger partial charge in [0.1, 0.15) is 5.76 Å². The molecular weight excluding hydrogens is 430 g/mol. The average Bonchev–Trinajstić information content (AvgIpc) is 3.51. The molecule has 0 saturated carbocycles. The zero-order chi connectivity index (χ0) is 24.3. The van der Waals surface area contributed by atoms with Gasteiger partial charge >= 0.3 is 0 Å². The first-order chi connectivity index (χ1) is 16.5. The number of amides is 2. The highest BCUT2D eigenvalue weighted by Gasteiger charge is 2.28. The van der Waals surface area contributed by atoms with E-state index in [9.17, 15) is 9.59 Å². The summed E-state index contributed by atoms with van der Waals surface area (Å²) in [6.45, 7) is 3.77. The topological polar surface area (TPSA) is 67.9 Å². The Balaban J connectivity index is 1.80. The van der Waals surface area contributed by atoms with Crippen LogP contribution in [0.1, 0.15) is 42.7 Å². The first-order valence-corrected chi connectivity index (χ1v) is 11.8. The maximum absolute atomic E-state index is 13.6. The molecule has 3 aromatic rings. The number of furan rings is 1. The van der Waals surface area contributed by atoms with Crippen LogP contribution in [0.5, 0.6) is 0 Å². The maximum Gasteiger partial charge on any atom is 0.242 e. The van der Waals surface area contributed by atoms with Crippen molar-refractivity contribution < 1.29 is 18.7 Å². The lowest BCUT2D eigenvalue weighted by atomic mass is 9.95. The molecule has 0 aliphatic heterocycles. The molecule has 0 N–H and O–H groups in total. The SMILES string of the molecule is CCC(C(=O)N(CCCOC)CC(=O)N(Cc1ccco1)Cc1cccn1C)c1ccccc1. The molecule has 0 bridgehead atoms. The number of carbonyl (C=O) groups excluding carboxylic acids is 2. The van der Waals surface area contributed by atoms with E-state index in [1.807, 2.05) is 79.3 Å². The Bertz CT molecular complexity index is 1010. The Morgan fingerprint density at radius 1 is 1.03 bits per heavy atom. The summed E-state index contributed by atoms with van der Waals surface area (Å²) in [6.07, 6.45) is 4.89. The molecule has 34 heavy (non-hydrogen) atoms. The molecule has 0 spiro atoms. The van der Waals surface area contributed by atoms with E-state index in [1.54, 1.807) is 23.2 Å². The summed E-state index contributed by atoms with van der Waals surface area (Å²) in [5.74, 6) is 0.264. The van der Waals surface area contributed by atoms with Crippen molar-refractivity contribution in [2.24, 2.45) is 7.05 Å². The number of benzene rings is 1. The third-order valence-electron chi connectivity index (χ3n) is 6.01. The lowest BCUT2D eigenvalue weighted by Crippen LogP contribution is -2.44. The van der Waals surface area contributed by atoms with Crippen molar-refractivity contribution in [2.45, 2.75) is 38.8 Å². The van der Waals surface area contributed by atoms with Gasteiger partial charge in [-0.1, -0.05) is 37.3 Å². The van der Waals surface area contributed by atoms with Crippen molar-refractivity contribution in [1.29, 1.82) is 0 Å². The molecular formula is C27H35N3O4. The van der Waals surface area contributed by atoms with Crippen molar-refractivity contribution in [2.75, 3.05) is 26.8 Å². The van der Waals surface area contributed by atoms with Gasteiger partial charge in [0.2, 0.25) is 11.8 Å². The van der Waals surface area contributed by atoms with Crippen LogP contribution in [-0.4, -0.2) is 53.0 Å². The molecule has 2 aromatic heterocycles. The molecule has 0 saturated heterocycles. The lowest BCUT2D eigenvalue weighted by Gasteiger charge is -2.30. The monoisotopic (exact) mass is 465 g/mol. The third kappa shape index (κ3) is 6.84. The largest absolute Gasteiger partial charge is 0.467 e. The Labute approximate surface area is 201 Å². The van der Waals surface area contributed by atoms with Crippen molar-refractivity contribution in [1.82, 2.24) is 14.4 Å². The second kappa shape index (κ2) is 12.8. The summed E-state index contributed by atoms with van der Waals surface area (Å²) in [7, 11) is 3.60. The van der Waals surface area contributed by atoms with Gasteiger partial charge in [0.25, 0.3) is 0 Å². The number of rotatable bonds is 13. The average molecular weight is 466 g/mol. The highest BCUT2D eigenvalue weighted by Crippen LogP contribution is 2.22.